The molecule has 1 heteroatoms. The Labute approximate surface area is 128 Å². The highest BCUT2D eigenvalue weighted by Gasteiger charge is 2.07. The molecule has 0 aliphatic heterocycles. The Bertz CT molecular complexity index is 540. The Morgan fingerprint density at radius 3 is 2.05 bits per heavy atom. The van der Waals surface area contributed by atoms with Gasteiger partial charge in [-0.25, -0.2) is 0 Å². The summed E-state index contributed by atoms with van der Waals surface area (Å²) < 4.78 is 0. The first kappa shape index (κ1) is 15.5. The lowest BCUT2D eigenvalue weighted by molar-refractivity contribution is 0.103. The van der Waals surface area contributed by atoms with Crippen LogP contribution in [0.2, 0.25) is 0 Å². The molecule has 0 N–H and O–H groups in total. The van der Waals surface area contributed by atoms with Crippen LogP contribution in [-0.2, 0) is 6.42 Å². The lowest BCUT2D eigenvalue weighted by atomic mass is 10.00. The van der Waals surface area contributed by atoms with Crippen LogP contribution >= 0.6 is 0 Å². The molecule has 0 amide bonds. The molecule has 0 saturated heterocycles. The van der Waals surface area contributed by atoms with Gasteiger partial charge >= 0.3 is 0 Å². The van der Waals surface area contributed by atoms with Crippen molar-refractivity contribution in [1.29, 1.82) is 0 Å². The van der Waals surface area contributed by atoms with Gasteiger partial charge in [-0.15, -0.1) is 0 Å². The van der Waals surface area contributed by atoms with Crippen LogP contribution in [0.1, 0.15) is 60.5 Å². The minimum Gasteiger partial charge on any atom is -0.289 e. The molecule has 0 fully saturated rings. The normalized spacial score (nSPS) is 10.5. The third kappa shape index (κ3) is 4.86. The lowest BCUT2D eigenvalue weighted by Crippen LogP contribution is -2.00. The van der Waals surface area contributed by atoms with Crippen LogP contribution in [0, 0.1) is 0 Å². The second-order valence-corrected chi connectivity index (χ2v) is 5.56. The number of rotatable bonds is 8. The van der Waals surface area contributed by atoms with Crippen molar-refractivity contribution in [3.8, 4) is 0 Å². The van der Waals surface area contributed by atoms with Gasteiger partial charge in [-0.2, -0.15) is 0 Å². The lowest BCUT2D eigenvalue weighted by Gasteiger charge is -2.04. The fraction of sp³-hybridized carbons (Fsp3) is 0.350. The van der Waals surface area contributed by atoms with E-state index >= 15 is 0 Å². The third-order valence-corrected chi connectivity index (χ3v) is 3.82. The van der Waals surface area contributed by atoms with Gasteiger partial charge in [0.25, 0.3) is 0 Å². The maximum atomic E-state index is 12.3. The molecule has 2 aromatic carbocycles. The summed E-state index contributed by atoms with van der Waals surface area (Å²) in [7, 11) is 0. The van der Waals surface area contributed by atoms with Gasteiger partial charge < -0.3 is 0 Å². The minimum absolute atomic E-state index is 0.102. The van der Waals surface area contributed by atoms with Gasteiger partial charge in [-0.1, -0.05) is 87.2 Å². The van der Waals surface area contributed by atoms with Crippen LogP contribution in [0.3, 0.4) is 0 Å². The highest BCUT2D eigenvalue weighted by Crippen LogP contribution is 2.13. The molecular weight excluding hydrogens is 256 g/mol. The van der Waals surface area contributed by atoms with E-state index in [2.05, 4.69) is 19.1 Å². The summed E-state index contributed by atoms with van der Waals surface area (Å²) in [6, 6.07) is 17.6. The van der Waals surface area contributed by atoms with Gasteiger partial charge in [0.15, 0.2) is 5.78 Å². The summed E-state index contributed by atoms with van der Waals surface area (Å²) in [5.74, 6) is 0.102. The first-order valence-electron chi connectivity index (χ1n) is 8.00. The first-order valence-corrected chi connectivity index (χ1v) is 8.00. The van der Waals surface area contributed by atoms with E-state index in [9.17, 15) is 4.79 Å². The maximum absolute atomic E-state index is 12.3. The van der Waals surface area contributed by atoms with Crippen molar-refractivity contribution in [3.05, 3.63) is 71.3 Å². The van der Waals surface area contributed by atoms with Crippen molar-refractivity contribution in [2.75, 3.05) is 0 Å². The Balaban J connectivity index is 1.88. The Hall–Kier alpha value is -1.89. The molecule has 0 bridgehead atoms. The fourth-order valence-corrected chi connectivity index (χ4v) is 2.51. The second kappa shape index (κ2) is 8.41. The quantitative estimate of drug-likeness (QED) is 0.465. The second-order valence-electron chi connectivity index (χ2n) is 5.56. The zero-order chi connectivity index (χ0) is 14.9. The SMILES string of the molecule is CCCCCCCc1ccc(C(=O)c2ccccc2)cc1. The van der Waals surface area contributed by atoms with Crippen molar-refractivity contribution in [2.24, 2.45) is 0 Å². The molecule has 2 aromatic rings. The van der Waals surface area contributed by atoms with Crippen LogP contribution in [-0.4, -0.2) is 5.78 Å². The van der Waals surface area contributed by atoms with Crippen molar-refractivity contribution in [1.82, 2.24) is 0 Å². The summed E-state index contributed by atoms with van der Waals surface area (Å²) in [6.07, 6.45) is 7.62. The molecule has 0 aliphatic rings. The van der Waals surface area contributed by atoms with Crippen LogP contribution in [0.4, 0.5) is 0 Å². The van der Waals surface area contributed by atoms with E-state index in [0.717, 1.165) is 17.5 Å². The molecule has 0 radical (unpaired) electrons. The van der Waals surface area contributed by atoms with Gasteiger partial charge in [0.05, 0.1) is 0 Å². The van der Waals surface area contributed by atoms with Gasteiger partial charge in [-0.3, -0.25) is 4.79 Å². The van der Waals surface area contributed by atoms with E-state index in [1.807, 2.05) is 42.5 Å². The average Bonchev–Trinajstić information content (AvgIpc) is 2.55. The summed E-state index contributed by atoms with van der Waals surface area (Å²) in [6.45, 7) is 2.24. The third-order valence-electron chi connectivity index (χ3n) is 3.82. The Morgan fingerprint density at radius 2 is 1.38 bits per heavy atom. The standard InChI is InChI=1S/C20H24O/c1-2-3-4-5-7-10-17-13-15-19(16-14-17)20(21)18-11-8-6-9-12-18/h6,8-9,11-16H,2-5,7,10H2,1H3. The molecule has 2 rings (SSSR count). The summed E-state index contributed by atoms with van der Waals surface area (Å²) in [5.41, 5.74) is 2.86. The minimum atomic E-state index is 0.102. The van der Waals surface area contributed by atoms with E-state index in [-0.39, 0.29) is 5.78 Å². The molecule has 0 saturated carbocycles. The molecular formula is C20H24O. The predicted molar refractivity (Wildman–Crippen MR) is 88.8 cm³/mol. The molecule has 0 aromatic heterocycles. The topological polar surface area (TPSA) is 17.1 Å². The molecule has 0 atom stereocenters. The van der Waals surface area contributed by atoms with Crippen LogP contribution in [0.25, 0.3) is 0 Å². The van der Waals surface area contributed by atoms with Crippen molar-refractivity contribution in [2.45, 2.75) is 45.4 Å². The van der Waals surface area contributed by atoms with Crippen LogP contribution in [0.5, 0.6) is 0 Å². The average molecular weight is 280 g/mol. The van der Waals surface area contributed by atoms with Crippen LogP contribution in [0.15, 0.2) is 54.6 Å². The number of aryl methyl sites for hydroxylation is 1. The number of hydrogen-bond acceptors (Lipinski definition) is 1. The van der Waals surface area contributed by atoms with Gasteiger partial charge in [0.2, 0.25) is 0 Å². The summed E-state index contributed by atoms with van der Waals surface area (Å²) in [4.78, 5) is 12.3. The number of carbonyl (C=O) groups excluding carboxylic acids is 1. The number of benzene rings is 2. The van der Waals surface area contributed by atoms with E-state index in [1.54, 1.807) is 0 Å². The number of carbonyl (C=O) groups is 1. The largest absolute Gasteiger partial charge is 0.289 e. The molecule has 110 valence electrons. The van der Waals surface area contributed by atoms with E-state index < -0.39 is 0 Å². The number of hydrogen-bond donors (Lipinski definition) is 0. The highest BCUT2D eigenvalue weighted by atomic mass is 16.1. The van der Waals surface area contributed by atoms with Gasteiger partial charge in [0, 0.05) is 11.1 Å². The van der Waals surface area contributed by atoms with Crippen molar-refractivity contribution >= 4 is 5.78 Å². The fourth-order valence-electron chi connectivity index (χ4n) is 2.51. The number of unbranched alkanes of at least 4 members (excludes halogenated alkanes) is 4. The first-order chi connectivity index (χ1) is 10.3. The highest BCUT2D eigenvalue weighted by molar-refractivity contribution is 6.08. The van der Waals surface area contributed by atoms with Crippen molar-refractivity contribution in [3.63, 3.8) is 0 Å². The predicted octanol–water partition coefficient (Wildman–Crippen LogP) is 5.43. The summed E-state index contributed by atoms with van der Waals surface area (Å²) in [5, 5.41) is 0. The Kier molecular flexibility index (Phi) is 6.21. The van der Waals surface area contributed by atoms with Crippen molar-refractivity contribution < 1.29 is 4.79 Å². The number of ketones is 1. The zero-order valence-corrected chi connectivity index (χ0v) is 12.8. The van der Waals surface area contributed by atoms with E-state index in [0.29, 0.717) is 0 Å². The zero-order valence-electron chi connectivity index (χ0n) is 12.8. The molecule has 1 nitrogen and oxygen atoms in total. The monoisotopic (exact) mass is 280 g/mol. The van der Waals surface area contributed by atoms with E-state index in [1.165, 1.54) is 37.7 Å². The molecule has 0 unspecified atom stereocenters. The maximum Gasteiger partial charge on any atom is 0.193 e. The molecule has 0 aliphatic carbocycles. The molecule has 0 spiro atoms. The van der Waals surface area contributed by atoms with Gasteiger partial charge in [-0.05, 0) is 18.4 Å². The molecule has 0 heterocycles. The smallest absolute Gasteiger partial charge is 0.193 e. The van der Waals surface area contributed by atoms with Gasteiger partial charge in [0.1, 0.15) is 0 Å². The van der Waals surface area contributed by atoms with E-state index in [4.69, 9.17) is 0 Å². The summed E-state index contributed by atoms with van der Waals surface area (Å²) >= 11 is 0. The molecule has 21 heavy (non-hydrogen) atoms. The van der Waals surface area contributed by atoms with Crippen LogP contribution < -0.4 is 0 Å². The Morgan fingerprint density at radius 1 is 0.762 bits per heavy atom.